The van der Waals surface area contributed by atoms with Crippen molar-refractivity contribution in [2.45, 2.75) is 13.5 Å². The molecule has 5 heteroatoms. The molecule has 0 spiro atoms. The highest BCUT2D eigenvalue weighted by atomic mass is 79.9. The number of rotatable bonds is 4. The second-order valence-corrected chi connectivity index (χ2v) is 5.72. The summed E-state index contributed by atoms with van der Waals surface area (Å²) in [4.78, 5) is 11.3. The fourth-order valence-electron chi connectivity index (χ4n) is 1.96. The molecule has 3 N–H and O–H groups in total. The Morgan fingerprint density at radius 1 is 1.35 bits per heavy atom. The molecule has 0 radical (unpaired) electrons. The zero-order valence-corrected chi connectivity index (χ0v) is 13.3. The first-order chi connectivity index (χ1) is 9.49. The highest BCUT2D eigenvalue weighted by Crippen LogP contribution is 2.24. The van der Waals surface area contributed by atoms with E-state index < -0.39 is 5.91 Å². The second-order valence-electron chi connectivity index (χ2n) is 4.43. The minimum Gasteiger partial charge on any atom is -0.381 e. The van der Waals surface area contributed by atoms with Crippen molar-refractivity contribution >= 4 is 39.1 Å². The van der Waals surface area contributed by atoms with Crippen LogP contribution in [0.5, 0.6) is 0 Å². The van der Waals surface area contributed by atoms with E-state index in [4.69, 9.17) is 17.3 Å². The molecule has 0 aliphatic heterocycles. The highest BCUT2D eigenvalue weighted by Gasteiger charge is 2.08. The van der Waals surface area contributed by atoms with Crippen LogP contribution < -0.4 is 11.1 Å². The maximum atomic E-state index is 11.3. The maximum Gasteiger partial charge on any atom is 0.249 e. The van der Waals surface area contributed by atoms with E-state index in [9.17, 15) is 4.79 Å². The predicted molar refractivity (Wildman–Crippen MR) is 86.2 cm³/mol. The number of hydrogen-bond acceptors (Lipinski definition) is 2. The summed E-state index contributed by atoms with van der Waals surface area (Å²) < 4.78 is 0.984. The van der Waals surface area contributed by atoms with Crippen LogP contribution in [0.1, 0.15) is 21.5 Å². The Morgan fingerprint density at radius 2 is 2.10 bits per heavy atom. The Balaban J connectivity index is 2.21. The van der Waals surface area contributed by atoms with Gasteiger partial charge < -0.3 is 11.1 Å². The zero-order chi connectivity index (χ0) is 14.7. The van der Waals surface area contributed by atoms with Crippen LogP contribution in [0.3, 0.4) is 0 Å². The molecule has 0 atom stereocenters. The number of primary amides is 1. The van der Waals surface area contributed by atoms with Gasteiger partial charge in [0.25, 0.3) is 0 Å². The SMILES string of the molecule is Cc1c(NCc2cc(Cl)ccc2Br)cccc1C(N)=O. The lowest BCUT2D eigenvalue weighted by atomic mass is 10.1. The van der Waals surface area contributed by atoms with Crippen molar-refractivity contribution < 1.29 is 4.79 Å². The van der Waals surface area contributed by atoms with Gasteiger partial charge >= 0.3 is 0 Å². The van der Waals surface area contributed by atoms with E-state index in [1.165, 1.54) is 0 Å². The van der Waals surface area contributed by atoms with Crippen LogP contribution in [-0.4, -0.2) is 5.91 Å². The quantitative estimate of drug-likeness (QED) is 0.868. The highest BCUT2D eigenvalue weighted by molar-refractivity contribution is 9.10. The summed E-state index contributed by atoms with van der Waals surface area (Å²) in [6.45, 7) is 2.47. The van der Waals surface area contributed by atoms with Crippen molar-refractivity contribution in [2.24, 2.45) is 5.73 Å². The van der Waals surface area contributed by atoms with E-state index in [-0.39, 0.29) is 0 Å². The molecule has 0 aliphatic carbocycles. The van der Waals surface area contributed by atoms with Gasteiger partial charge in [0.1, 0.15) is 0 Å². The van der Waals surface area contributed by atoms with Crippen LogP contribution in [-0.2, 0) is 6.54 Å². The summed E-state index contributed by atoms with van der Waals surface area (Å²) in [6.07, 6.45) is 0. The number of nitrogens with one attached hydrogen (secondary N) is 1. The lowest BCUT2D eigenvalue weighted by Gasteiger charge is -2.13. The normalized spacial score (nSPS) is 10.3. The summed E-state index contributed by atoms with van der Waals surface area (Å²) in [5, 5.41) is 3.98. The van der Waals surface area contributed by atoms with Gasteiger partial charge in [-0.1, -0.05) is 33.6 Å². The van der Waals surface area contributed by atoms with Gasteiger partial charge in [0.05, 0.1) is 0 Å². The van der Waals surface area contributed by atoms with E-state index >= 15 is 0 Å². The Labute approximate surface area is 131 Å². The van der Waals surface area contributed by atoms with Crippen molar-refractivity contribution in [2.75, 3.05) is 5.32 Å². The second kappa shape index (κ2) is 6.29. The average Bonchev–Trinajstić information content (AvgIpc) is 2.41. The number of nitrogens with two attached hydrogens (primary N) is 1. The van der Waals surface area contributed by atoms with Crippen molar-refractivity contribution in [3.05, 3.63) is 62.6 Å². The van der Waals surface area contributed by atoms with E-state index in [2.05, 4.69) is 21.2 Å². The third-order valence-electron chi connectivity index (χ3n) is 3.08. The molecule has 2 rings (SSSR count). The van der Waals surface area contributed by atoms with Crippen LogP contribution in [0.15, 0.2) is 40.9 Å². The maximum absolute atomic E-state index is 11.3. The summed E-state index contributed by atoms with van der Waals surface area (Å²) in [5.41, 5.74) is 8.64. The van der Waals surface area contributed by atoms with Gasteiger partial charge in [0.15, 0.2) is 0 Å². The monoisotopic (exact) mass is 352 g/mol. The molecule has 0 bridgehead atoms. The van der Waals surface area contributed by atoms with Crippen molar-refractivity contribution in [3.8, 4) is 0 Å². The minimum atomic E-state index is -0.421. The van der Waals surface area contributed by atoms with Gasteiger partial charge in [-0.3, -0.25) is 4.79 Å². The van der Waals surface area contributed by atoms with E-state index in [1.54, 1.807) is 6.07 Å². The Bertz CT molecular complexity index is 658. The number of anilines is 1. The fourth-order valence-corrected chi connectivity index (χ4v) is 2.54. The minimum absolute atomic E-state index is 0.421. The lowest BCUT2D eigenvalue weighted by Crippen LogP contribution is -2.14. The van der Waals surface area contributed by atoms with Crippen LogP contribution >= 0.6 is 27.5 Å². The Hall–Kier alpha value is -1.52. The van der Waals surface area contributed by atoms with Gasteiger partial charge in [0, 0.05) is 27.3 Å². The summed E-state index contributed by atoms with van der Waals surface area (Å²) in [5.74, 6) is -0.421. The first-order valence-corrected chi connectivity index (χ1v) is 7.23. The first kappa shape index (κ1) is 14.9. The number of amides is 1. The van der Waals surface area contributed by atoms with E-state index in [0.29, 0.717) is 17.1 Å². The smallest absolute Gasteiger partial charge is 0.249 e. The number of hydrogen-bond donors (Lipinski definition) is 2. The van der Waals surface area contributed by atoms with Gasteiger partial charge in [-0.15, -0.1) is 0 Å². The fraction of sp³-hybridized carbons (Fsp3) is 0.133. The molecule has 1 amide bonds. The molecule has 104 valence electrons. The molecule has 20 heavy (non-hydrogen) atoms. The molecule has 0 aromatic heterocycles. The molecule has 3 nitrogen and oxygen atoms in total. The molecule has 0 aliphatic rings. The summed E-state index contributed by atoms with van der Waals surface area (Å²) in [7, 11) is 0. The Kier molecular flexibility index (Phi) is 4.68. The molecular formula is C15H14BrClN2O. The molecule has 0 heterocycles. The van der Waals surface area contributed by atoms with Crippen molar-refractivity contribution in [3.63, 3.8) is 0 Å². The standard InChI is InChI=1S/C15H14BrClN2O/c1-9-12(15(18)20)3-2-4-14(9)19-8-10-7-11(17)5-6-13(10)16/h2-7,19H,8H2,1H3,(H2,18,20). The number of carbonyl (C=O) groups is 1. The number of carbonyl (C=O) groups excluding carboxylic acids is 1. The van der Waals surface area contributed by atoms with E-state index in [1.807, 2.05) is 37.3 Å². The molecular weight excluding hydrogens is 340 g/mol. The lowest BCUT2D eigenvalue weighted by molar-refractivity contribution is 0.1000. The topological polar surface area (TPSA) is 55.1 Å². The van der Waals surface area contributed by atoms with Crippen LogP contribution in [0.25, 0.3) is 0 Å². The van der Waals surface area contributed by atoms with Gasteiger partial charge in [-0.05, 0) is 48.4 Å². The van der Waals surface area contributed by atoms with E-state index in [0.717, 1.165) is 21.3 Å². The Morgan fingerprint density at radius 3 is 2.80 bits per heavy atom. The van der Waals surface area contributed by atoms with Gasteiger partial charge in [-0.2, -0.15) is 0 Å². The molecule has 0 fully saturated rings. The van der Waals surface area contributed by atoms with Gasteiger partial charge in [0.2, 0.25) is 5.91 Å². The summed E-state index contributed by atoms with van der Waals surface area (Å²) >= 11 is 9.47. The largest absolute Gasteiger partial charge is 0.381 e. The van der Waals surface area contributed by atoms with Crippen LogP contribution in [0, 0.1) is 6.92 Å². The average molecular weight is 354 g/mol. The third-order valence-corrected chi connectivity index (χ3v) is 4.09. The third kappa shape index (κ3) is 3.32. The van der Waals surface area contributed by atoms with Crippen LogP contribution in [0.2, 0.25) is 5.02 Å². The molecule has 0 unspecified atom stereocenters. The first-order valence-electron chi connectivity index (χ1n) is 6.06. The zero-order valence-electron chi connectivity index (χ0n) is 10.9. The van der Waals surface area contributed by atoms with Crippen molar-refractivity contribution in [1.29, 1.82) is 0 Å². The predicted octanol–water partition coefficient (Wildman–Crippen LogP) is 4.12. The molecule has 2 aromatic carbocycles. The molecule has 0 saturated carbocycles. The number of halogens is 2. The number of benzene rings is 2. The molecule has 2 aromatic rings. The summed E-state index contributed by atoms with van der Waals surface area (Å²) in [6, 6.07) is 11.1. The van der Waals surface area contributed by atoms with Gasteiger partial charge in [-0.25, -0.2) is 0 Å². The van der Waals surface area contributed by atoms with Crippen LogP contribution in [0.4, 0.5) is 5.69 Å². The van der Waals surface area contributed by atoms with Crippen molar-refractivity contribution in [1.82, 2.24) is 0 Å². The molecule has 0 saturated heterocycles.